The van der Waals surface area contributed by atoms with Crippen LogP contribution in [0.1, 0.15) is 44.1 Å². The molecule has 0 aliphatic heterocycles. The van der Waals surface area contributed by atoms with Gasteiger partial charge >= 0.3 is 0 Å². The molecule has 1 aromatic carbocycles. The fraction of sp³-hybridized carbons (Fsp3) is 0.588. The number of rotatable bonds is 4. The van der Waals surface area contributed by atoms with Crippen molar-refractivity contribution in [2.45, 2.75) is 57.2 Å². The molecule has 114 valence electrons. The lowest BCUT2D eigenvalue weighted by molar-refractivity contribution is -0.138. The van der Waals surface area contributed by atoms with Crippen LogP contribution in [0.4, 0.5) is 0 Å². The quantitative estimate of drug-likeness (QED) is 0.927. The topological polar surface area (TPSA) is 46.3 Å². The fourth-order valence-electron chi connectivity index (χ4n) is 3.24. The molecule has 1 aromatic rings. The van der Waals surface area contributed by atoms with Crippen LogP contribution < -0.4 is 5.73 Å². The van der Waals surface area contributed by atoms with E-state index in [0.29, 0.717) is 12.6 Å². The predicted octanol–water partition coefficient (Wildman–Crippen LogP) is 3.35. The number of nitrogens with zero attached hydrogens (tertiary/aromatic N) is 1. The van der Waals surface area contributed by atoms with Crippen molar-refractivity contribution in [1.82, 2.24) is 4.90 Å². The van der Waals surface area contributed by atoms with E-state index in [2.05, 4.69) is 4.90 Å². The highest BCUT2D eigenvalue weighted by Crippen LogP contribution is 2.33. The average molecular weight is 307 g/mol. The Labute approximate surface area is 131 Å². The van der Waals surface area contributed by atoms with Crippen molar-refractivity contribution in [2.24, 2.45) is 11.7 Å². The highest BCUT2D eigenvalue weighted by Gasteiger charge is 2.38. The van der Waals surface area contributed by atoms with Gasteiger partial charge in [-0.05, 0) is 43.4 Å². The number of carbonyl (C=O) groups is 1. The zero-order chi connectivity index (χ0) is 14.8. The van der Waals surface area contributed by atoms with E-state index in [1.54, 1.807) is 0 Å². The number of nitrogens with two attached hydrogens (primary N) is 1. The number of hydrogen-bond acceptors (Lipinski definition) is 2. The second kappa shape index (κ2) is 6.37. The molecular weight excluding hydrogens is 284 g/mol. The molecule has 2 saturated carbocycles. The monoisotopic (exact) mass is 306 g/mol. The summed E-state index contributed by atoms with van der Waals surface area (Å²) in [6.45, 7) is 0.684. The normalized spacial score (nSPS) is 25.6. The highest BCUT2D eigenvalue weighted by molar-refractivity contribution is 6.30. The lowest BCUT2D eigenvalue weighted by atomic mass is 9.84. The van der Waals surface area contributed by atoms with E-state index in [1.165, 1.54) is 0 Å². The predicted molar refractivity (Wildman–Crippen MR) is 85.0 cm³/mol. The van der Waals surface area contributed by atoms with Gasteiger partial charge in [0.2, 0.25) is 5.91 Å². The molecule has 0 heterocycles. The summed E-state index contributed by atoms with van der Waals surface area (Å²) >= 11 is 5.93. The van der Waals surface area contributed by atoms with Gasteiger partial charge in [-0.3, -0.25) is 4.79 Å². The first-order chi connectivity index (χ1) is 10.1. The second-order valence-electron chi connectivity index (χ2n) is 6.38. The maximum Gasteiger partial charge on any atom is 0.227 e. The first-order valence-corrected chi connectivity index (χ1v) is 8.33. The SMILES string of the molecule is NC1CCCCC1C(=O)N(Cc1ccc(Cl)cc1)C1CC1. The summed E-state index contributed by atoms with van der Waals surface area (Å²) in [5.41, 5.74) is 7.33. The third-order valence-electron chi connectivity index (χ3n) is 4.67. The first kappa shape index (κ1) is 14.9. The van der Waals surface area contributed by atoms with E-state index < -0.39 is 0 Å². The van der Waals surface area contributed by atoms with Crippen molar-refractivity contribution < 1.29 is 4.79 Å². The lowest BCUT2D eigenvalue weighted by Crippen LogP contribution is -2.46. The van der Waals surface area contributed by atoms with E-state index in [0.717, 1.165) is 49.1 Å². The van der Waals surface area contributed by atoms with Crippen molar-refractivity contribution in [3.63, 3.8) is 0 Å². The summed E-state index contributed by atoms with van der Waals surface area (Å²) in [4.78, 5) is 14.9. The molecule has 1 amide bonds. The van der Waals surface area contributed by atoms with Gasteiger partial charge in [-0.2, -0.15) is 0 Å². The van der Waals surface area contributed by atoms with Gasteiger partial charge in [-0.15, -0.1) is 0 Å². The van der Waals surface area contributed by atoms with Crippen LogP contribution in [0, 0.1) is 5.92 Å². The van der Waals surface area contributed by atoms with Gasteiger partial charge in [0.25, 0.3) is 0 Å². The Morgan fingerprint density at radius 1 is 1.14 bits per heavy atom. The van der Waals surface area contributed by atoms with Crippen molar-refractivity contribution >= 4 is 17.5 Å². The number of amides is 1. The number of hydrogen-bond donors (Lipinski definition) is 1. The van der Waals surface area contributed by atoms with Crippen LogP contribution in [0.15, 0.2) is 24.3 Å². The molecule has 2 atom stereocenters. The molecule has 0 bridgehead atoms. The zero-order valence-electron chi connectivity index (χ0n) is 12.3. The molecule has 3 nitrogen and oxygen atoms in total. The molecule has 0 radical (unpaired) electrons. The molecule has 2 fully saturated rings. The molecule has 0 spiro atoms. The highest BCUT2D eigenvalue weighted by atomic mass is 35.5. The van der Waals surface area contributed by atoms with Gasteiger partial charge in [0.05, 0.1) is 5.92 Å². The minimum Gasteiger partial charge on any atom is -0.335 e. The van der Waals surface area contributed by atoms with Gasteiger partial charge in [0, 0.05) is 23.7 Å². The fourth-order valence-corrected chi connectivity index (χ4v) is 3.36. The summed E-state index contributed by atoms with van der Waals surface area (Å²) in [6, 6.07) is 8.25. The van der Waals surface area contributed by atoms with E-state index in [9.17, 15) is 4.79 Å². The molecule has 0 aromatic heterocycles. The van der Waals surface area contributed by atoms with E-state index in [1.807, 2.05) is 24.3 Å². The Kier molecular flexibility index (Phi) is 4.51. The van der Waals surface area contributed by atoms with Gasteiger partial charge in [-0.25, -0.2) is 0 Å². The molecule has 0 saturated heterocycles. The summed E-state index contributed by atoms with van der Waals surface area (Å²) in [6.07, 6.45) is 6.47. The van der Waals surface area contributed by atoms with Crippen LogP contribution in [0.2, 0.25) is 5.02 Å². The van der Waals surface area contributed by atoms with Crippen LogP contribution >= 0.6 is 11.6 Å². The minimum atomic E-state index is 0.0200. The summed E-state index contributed by atoms with van der Waals surface area (Å²) in [5.74, 6) is 0.284. The first-order valence-electron chi connectivity index (χ1n) is 7.95. The minimum absolute atomic E-state index is 0.0200. The van der Waals surface area contributed by atoms with Gasteiger partial charge < -0.3 is 10.6 Å². The van der Waals surface area contributed by atoms with Gasteiger partial charge in [-0.1, -0.05) is 36.6 Å². The second-order valence-corrected chi connectivity index (χ2v) is 6.82. The Morgan fingerprint density at radius 2 is 1.81 bits per heavy atom. The zero-order valence-corrected chi connectivity index (χ0v) is 13.1. The average Bonchev–Trinajstić information content (AvgIpc) is 3.31. The van der Waals surface area contributed by atoms with Crippen LogP contribution in [0.25, 0.3) is 0 Å². The molecule has 3 rings (SSSR count). The molecule has 2 aliphatic carbocycles. The number of carbonyl (C=O) groups excluding carboxylic acids is 1. The molecule has 2 N–H and O–H groups in total. The Hall–Kier alpha value is -1.06. The van der Waals surface area contributed by atoms with Crippen molar-refractivity contribution in [3.05, 3.63) is 34.9 Å². The van der Waals surface area contributed by atoms with E-state index >= 15 is 0 Å². The Morgan fingerprint density at radius 3 is 2.43 bits per heavy atom. The third kappa shape index (κ3) is 3.58. The Balaban J connectivity index is 1.71. The van der Waals surface area contributed by atoms with Crippen LogP contribution in [0.3, 0.4) is 0 Å². The van der Waals surface area contributed by atoms with Crippen LogP contribution in [0.5, 0.6) is 0 Å². The Bertz CT molecular complexity index is 498. The summed E-state index contributed by atoms with van der Waals surface area (Å²) < 4.78 is 0. The molecule has 2 aliphatic rings. The summed E-state index contributed by atoms with van der Waals surface area (Å²) in [7, 11) is 0. The smallest absolute Gasteiger partial charge is 0.227 e. The lowest BCUT2D eigenvalue weighted by Gasteiger charge is -2.33. The van der Waals surface area contributed by atoms with Crippen molar-refractivity contribution in [3.8, 4) is 0 Å². The molecule has 2 unspecified atom stereocenters. The standard InChI is InChI=1S/C17H23ClN2O/c18-13-7-5-12(6-8-13)11-20(14-9-10-14)17(21)15-3-1-2-4-16(15)19/h5-8,14-16H,1-4,9-11,19H2. The third-order valence-corrected chi connectivity index (χ3v) is 4.93. The number of benzene rings is 1. The van der Waals surface area contributed by atoms with E-state index in [-0.39, 0.29) is 17.9 Å². The maximum atomic E-state index is 12.9. The maximum absolute atomic E-state index is 12.9. The number of halogens is 1. The summed E-state index contributed by atoms with van der Waals surface area (Å²) in [5, 5.41) is 0.734. The molecule has 21 heavy (non-hydrogen) atoms. The molecule has 4 heteroatoms. The van der Waals surface area contributed by atoms with Gasteiger partial charge in [0.15, 0.2) is 0 Å². The van der Waals surface area contributed by atoms with Crippen molar-refractivity contribution in [2.75, 3.05) is 0 Å². The van der Waals surface area contributed by atoms with Gasteiger partial charge in [0.1, 0.15) is 0 Å². The molecular formula is C17H23ClN2O. The van der Waals surface area contributed by atoms with Crippen LogP contribution in [-0.4, -0.2) is 22.9 Å². The van der Waals surface area contributed by atoms with Crippen LogP contribution in [-0.2, 0) is 11.3 Å². The van der Waals surface area contributed by atoms with E-state index in [4.69, 9.17) is 17.3 Å². The van der Waals surface area contributed by atoms with Crippen molar-refractivity contribution in [1.29, 1.82) is 0 Å². The largest absolute Gasteiger partial charge is 0.335 e.